The van der Waals surface area contributed by atoms with Gasteiger partial charge in [0.15, 0.2) is 15.7 Å². The molecule has 7 nitrogen and oxygen atoms in total. The Hall–Kier alpha value is -0.990. The average molecular weight is 274 g/mol. The van der Waals surface area contributed by atoms with E-state index >= 15 is 0 Å². The molecule has 0 saturated carbocycles. The van der Waals surface area contributed by atoms with Gasteiger partial charge >= 0.3 is 0 Å². The number of rotatable bonds is 4. The summed E-state index contributed by atoms with van der Waals surface area (Å²) >= 11 is 0. The third-order valence-corrected chi connectivity index (χ3v) is 4.55. The van der Waals surface area contributed by atoms with Gasteiger partial charge in [-0.2, -0.15) is 4.98 Å². The maximum atomic E-state index is 11.4. The van der Waals surface area contributed by atoms with E-state index in [0.717, 1.165) is 26.2 Å². The zero-order valence-electron chi connectivity index (χ0n) is 10.6. The van der Waals surface area contributed by atoms with E-state index < -0.39 is 15.1 Å². The van der Waals surface area contributed by atoms with E-state index in [-0.39, 0.29) is 5.82 Å². The molecule has 0 aromatic carbocycles. The SMILES string of the molecule is CC(c1noc(CN2CCNCC2)n1)S(C)(=O)=O. The van der Waals surface area contributed by atoms with E-state index in [1.807, 2.05) is 0 Å². The minimum atomic E-state index is -3.18. The third kappa shape index (κ3) is 3.27. The molecule has 1 unspecified atom stereocenters. The Morgan fingerprint density at radius 3 is 2.72 bits per heavy atom. The van der Waals surface area contributed by atoms with Gasteiger partial charge in [0, 0.05) is 32.4 Å². The number of piperazine rings is 1. The minimum Gasteiger partial charge on any atom is -0.338 e. The number of sulfone groups is 1. The van der Waals surface area contributed by atoms with Crippen molar-refractivity contribution in [3.05, 3.63) is 11.7 Å². The van der Waals surface area contributed by atoms with Crippen LogP contribution in [0.1, 0.15) is 23.9 Å². The molecule has 1 aliphatic rings. The molecule has 102 valence electrons. The van der Waals surface area contributed by atoms with Crippen molar-refractivity contribution in [1.29, 1.82) is 0 Å². The fourth-order valence-corrected chi connectivity index (χ4v) is 2.23. The van der Waals surface area contributed by atoms with Crippen LogP contribution in [0, 0.1) is 0 Å². The summed E-state index contributed by atoms with van der Waals surface area (Å²) in [6.07, 6.45) is 1.17. The van der Waals surface area contributed by atoms with Gasteiger partial charge in [0.1, 0.15) is 5.25 Å². The topological polar surface area (TPSA) is 88.3 Å². The maximum absolute atomic E-state index is 11.4. The normalized spacial score (nSPS) is 19.9. The van der Waals surface area contributed by atoms with Crippen molar-refractivity contribution in [3.63, 3.8) is 0 Å². The summed E-state index contributed by atoms with van der Waals surface area (Å²) < 4.78 is 27.9. The van der Waals surface area contributed by atoms with Crippen LogP contribution >= 0.6 is 0 Å². The van der Waals surface area contributed by atoms with Crippen LogP contribution in [0.15, 0.2) is 4.52 Å². The molecule has 0 radical (unpaired) electrons. The van der Waals surface area contributed by atoms with Crippen molar-refractivity contribution in [1.82, 2.24) is 20.4 Å². The fraction of sp³-hybridized carbons (Fsp3) is 0.800. The molecule has 0 bridgehead atoms. The molecule has 1 aliphatic heterocycles. The standard InChI is InChI=1S/C10H18N4O3S/c1-8(18(2,15)16)10-12-9(17-13-10)7-14-5-3-11-4-6-14/h8,11H,3-7H2,1-2H3. The average Bonchev–Trinajstić information content (AvgIpc) is 2.76. The highest BCUT2D eigenvalue weighted by Crippen LogP contribution is 2.17. The van der Waals surface area contributed by atoms with Crippen LogP contribution in [0.3, 0.4) is 0 Å². The first-order valence-electron chi connectivity index (χ1n) is 5.91. The molecule has 1 N–H and O–H groups in total. The number of hydrogen-bond donors (Lipinski definition) is 1. The molecular weight excluding hydrogens is 256 g/mol. The zero-order chi connectivity index (χ0) is 13.2. The Bertz CT molecular complexity index is 493. The highest BCUT2D eigenvalue weighted by Gasteiger charge is 2.23. The lowest BCUT2D eigenvalue weighted by atomic mass is 10.3. The molecule has 8 heteroatoms. The molecule has 1 fully saturated rings. The molecule has 0 amide bonds. The third-order valence-electron chi connectivity index (χ3n) is 3.06. The summed E-state index contributed by atoms with van der Waals surface area (Å²) in [5.74, 6) is 0.713. The smallest absolute Gasteiger partial charge is 0.240 e. The minimum absolute atomic E-state index is 0.239. The van der Waals surface area contributed by atoms with Crippen molar-refractivity contribution in [2.75, 3.05) is 32.4 Å². The second-order valence-corrected chi connectivity index (χ2v) is 6.91. The summed E-state index contributed by atoms with van der Waals surface area (Å²) in [6.45, 7) is 5.89. The van der Waals surface area contributed by atoms with Crippen LogP contribution in [0.5, 0.6) is 0 Å². The van der Waals surface area contributed by atoms with Crippen LogP contribution in [0.2, 0.25) is 0 Å². The summed E-state index contributed by atoms with van der Waals surface area (Å²) in [7, 11) is -3.18. The molecule has 1 atom stereocenters. The Balaban J connectivity index is 2.01. The fourth-order valence-electron chi connectivity index (χ4n) is 1.75. The van der Waals surface area contributed by atoms with Crippen LogP contribution in [-0.2, 0) is 16.4 Å². The van der Waals surface area contributed by atoms with Crippen molar-refractivity contribution < 1.29 is 12.9 Å². The van der Waals surface area contributed by atoms with Crippen LogP contribution < -0.4 is 5.32 Å². The van der Waals surface area contributed by atoms with Gasteiger partial charge in [-0.1, -0.05) is 5.16 Å². The van der Waals surface area contributed by atoms with Gasteiger partial charge in [0.2, 0.25) is 5.89 Å². The van der Waals surface area contributed by atoms with Crippen molar-refractivity contribution in [2.45, 2.75) is 18.7 Å². The number of hydrogen-bond acceptors (Lipinski definition) is 7. The van der Waals surface area contributed by atoms with Crippen LogP contribution in [-0.4, -0.2) is 55.9 Å². The predicted molar refractivity (Wildman–Crippen MR) is 65.7 cm³/mol. The summed E-state index contributed by atoms with van der Waals surface area (Å²) in [5, 5.41) is 6.27. The Morgan fingerprint density at radius 2 is 2.11 bits per heavy atom. The Labute approximate surface area is 106 Å². The van der Waals surface area contributed by atoms with Gasteiger partial charge in [0.05, 0.1) is 6.54 Å². The highest BCUT2D eigenvalue weighted by atomic mass is 32.2. The van der Waals surface area contributed by atoms with Gasteiger partial charge in [-0.15, -0.1) is 0 Å². The van der Waals surface area contributed by atoms with Crippen LogP contribution in [0.25, 0.3) is 0 Å². The lowest BCUT2D eigenvalue weighted by Crippen LogP contribution is -2.42. The highest BCUT2D eigenvalue weighted by molar-refractivity contribution is 7.90. The molecular formula is C10H18N4O3S. The quantitative estimate of drug-likeness (QED) is 0.797. The van der Waals surface area contributed by atoms with Crippen molar-refractivity contribution in [3.8, 4) is 0 Å². The summed E-state index contributed by atoms with van der Waals surface area (Å²) in [6, 6.07) is 0. The monoisotopic (exact) mass is 274 g/mol. The molecule has 2 rings (SSSR count). The van der Waals surface area contributed by atoms with E-state index in [2.05, 4.69) is 20.4 Å². The van der Waals surface area contributed by atoms with E-state index in [1.165, 1.54) is 6.26 Å². The second-order valence-electron chi connectivity index (χ2n) is 4.54. The summed E-state index contributed by atoms with van der Waals surface area (Å²) in [4.78, 5) is 6.35. The molecule has 1 aromatic heterocycles. The van der Waals surface area contributed by atoms with E-state index in [4.69, 9.17) is 4.52 Å². The summed E-state index contributed by atoms with van der Waals surface area (Å²) in [5.41, 5.74) is 0. The molecule has 1 aromatic rings. The lowest BCUT2D eigenvalue weighted by molar-refractivity contribution is 0.203. The molecule has 2 heterocycles. The molecule has 0 spiro atoms. The number of nitrogens with one attached hydrogen (secondary N) is 1. The Morgan fingerprint density at radius 1 is 1.44 bits per heavy atom. The Kier molecular flexibility index (Phi) is 3.98. The number of aromatic nitrogens is 2. The molecule has 1 saturated heterocycles. The first kappa shape index (κ1) is 13.4. The van der Waals surface area contributed by atoms with E-state index in [1.54, 1.807) is 6.92 Å². The van der Waals surface area contributed by atoms with Crippen molar-refractivity contribution in [2.24, 2.45) is 0 Å². The zero-order valence-corrected chi connectivity index (χ0v) is 11.4. The van der Waals surface area contributed by atoms with Gasteiger partial charge in [-0.25, -0.2) is 8.42 Å². The van der Waals surface area contributed by atoms with Gasteiger partial charge in [-0.05, 0) is 6.92 Å². The first-order chi connectivity index (χ1) is 8.47. The first-order valence-corrected chi connectivity index (χ1v) is 7.86. The largest absolute Gasteiger partial charge is 0.338 e. The van der Waals surface area contributed by atoms with Gasteiger partial charge < -0.3 is 9.84 Å². The second kappa shape index (κ2) is 5.33. The van der Waals surface area contributed by atoms with E-state index in [0.29, 0.717) is 12.4 Å². The molecule has 0 aliphatic carbocycles. The van der Waals surface area contributed by atoms with Gasteiger partial charge in [0.25, 0.3) is 0 Å². The van der Waals surface area contributed by atoms with Crippen molar-refractivity contribution >= 4 is 9.84 Å². The lowest BCUT2D eigenvalue weighted by Gasteiger charge is -2.25. The molecule has 18 heavy (non-hydrogen) atoms. The van der Waals surface area contributed by atoms with Crippen LogP contribution in [0.4, 0.5) is 0 Å². The number of nitrogens with zero attached hydrogens (tertiary/aromatic N) is 3. The van der Waals surface area contributed by atoms with Gasteiger partial charge in [-0.3, -0.25) is 4.90 Å². The predicted octanol–water partition coefficient (Wildman–Crippen LogP) is -0.420. The maximum Gasteiger partial charge on any atom is 0.240 e. The van der Waals surface area contributed by atoms with E-state index in [9.17, 15) is 8.42 Å².